The first-order valence-corrected chi connectivity index (χ1v) is 5.05. The van der Waals surface area contributed by atoms with E-state index in [0.29, 0.717) is 5.56 Å². The second kappa shape index (κ2) is 4.14. The minimum Gasteiger partial charge on any atom is -0.384 e. The summed E-state index contributed by atoms with van der Waals surface area (Å²) in [5, 5.41) is 7.52. The van der Waals surface area contributed by atoms with Crippen LogP contribution in [0.25, 0.3) is 5.69 Å². The van der Waals surface area contributed by atoms with Crippen LogP contribution < -0.4 is 5.73 Å². The van der Waals surface area contributed by atoms with Crippen molar-refractivity contribution in [1.82, 2.24) is 14.5 Å². The van der Waals surface area contributed by atoms with Gasteiger partial charge in [0.25, 0.3) is 0 Å². The Morgan fingerprint density at radius 3 is 3.00 bits per heavy atom. The van der Waals surface area contributed by atoms with E-state index in [1.54, 1.807) is 24.7 Å². The number of nitrogens with one attached hydrogen (secondary N) is 1. The summed E-state index contributed by atoms with van der Waals surface area (Å²) in [6.45, 7) is 2.03. The number of aryl methyl sites for hydroxylation is 1. The van der Waals surface area contributed by atoms with Crippen molar-refractivity contribution in [2.45, 2.75) is 13.3 Å². The van der Waals surface area contributed by atoms with E-state index in [1.807, 2.05) is 17.7 Å². The van der Waals surface area contributed by atoms with E-state index in [9.17, 15) is 0 Å². The van der Waals surface area contributed by atoms with Gasteiger partial charge in [-0.3, -0.25) is 10.4 Å². The summed E-state index contributed by atoms with van der Waals surface area (Å²) >= 11 is 0. The fourth-order valence-corrected chi connectivity index (χ4v) is 1.62. The number of imidazole rings is 1. The lowest BCUT2D eigenvalue weighted by molar-refractivity contribution is 0.885. The van der Waals surface area contributed by atoms with Gasteiger partial charge in [0.1, 0.15) is 11.7 Å². The van der Waals surface area contributed by atoms with Gasteiger partial charge in [-0.15, -0.1) is 0 Å². The molecule has 2 heterocycles. The van der Waals surface area contributed by atoms with Crippen LogP contribution in [0.3, 0.4) is 0 Å². The molecule has 82 valence electrons. The van der Waals surface area contributed by atoms with E-state index in [-0.39, 0.29) is 5.84 Å². The van der Waals surface area contributed by atoms with E-state index < -0.39 is 0 Å². The number of nitrogens with zero attached hydrogens (tertiary/aromatic N) is 3. The molecule has 0 unspecified atom stereocenters. The fourth-order valence-electron chi connectivity index (χ4n) is 1.62. The van der Waals surface area contributed by atoms with Gasteiger partial charge in [0.2, 0.25) is 0 Å². The molecular weight excluding hydrogens is 202 g/mol. The molecule has 0 aliphatic heterocycles. The Labute approximate surface area is 93.5 Å². The predicted octanol–water partition coefficient (Wildman–Crippen LogP) is 1.11. The topological polar surface area (TPSA) is 80.6 Å². The zero-order valence-electron chi connectivity index (χ0n) is 9.01. The lowest BCUT2D eigenvalue weighted by Gasteiger charge is -2.10. The highest BCUT2D eigenvalue weighted by Crippen LogP contribution is 2.14. The molecule has 3 N–H and O–H groups in total. The van der Waals surface area contributed by atoms with E-state index in [2.05, 4.69) is 9.97 Å². The largest absolute Gasteiger partial charge is 0.384 e. The van der Waals surface area contributed by atoms with Crippen LogP contribution >= 0.6 is 0 Å². The monoisotopic (exact) mass is 215 g/mol. The summed E-state index contributed by atoms with van der Waals surface area (Å²) in [5.41, 5.74) is 7.00. The molecule has 0 aliphatic rings. The predicted molar refractivity (Wildman–Crippen MR) is 61.8 cm³/mol. The Kier molecular flexibility index (Phi) is 2.68. The number of nitrogens with two attached hydrogens (primary N) is 1. The highest BCUT2D eigenvalue weighted by molar-refractivity contribution is 5.98. The standard InChI is InChI=1S/C11H13N5/c1-2-10-15-5-6-16(10)9-7-14-4-3-8(9)11(12)13/h3-7H,2H2,1H3,(H3,12,13). The molecule has 0 spiro atoms. The zero-order valence-corrected chi connectivity index (χ0v) is 9.01. The van der Waals surface area contributed by atoms with Crippen LogP contribution in [0, 0.1) is 5.41 Å². The highest BCUT2D eigenvalue weighted by Gasteiger charge is 2.09. The molecule has 2 aromatic rings. The Bertz CT molecular complexity index is 515. The number of amidine groups is 1. The quantitative estimate of drug-likeness (QED) is 0.594. The Morgan fingerprint density at radius 2 is 2.31 bits per heavy atom. The number of nitrogen functional groups attached to an aromatic ring is 1. The average Bonchev–Trinajstić information content (AvgIpc) is 2.76. The number of aromatic nitrogens is 3. The molecule has 2 rings (SSSR count). The van der Waals surface area contributed by atoms with Crippen molar-refractivity contribution >= 4 is 5.84 Å². The SMILES string of the molecule is CCc1nccn1-c1cnccc1C(=N)N. The minimum atomic E-state index is 0.0353. The van der Waals surface area contributed by atoms with Crippen LogP contribution in [-0.2, 0) is 6.42 Å². The van der Waals surface area contributed by atoms with Gasteiger partial charge in [0, 0.05) is 30.6 Å². The molecule has 5 nitrogen and oxygen atoms in total. The molecule has 0 fully saturated rings. The molecule has 0 radical (unpaired) electrons. The molecule has 0 saturated carbocycles. The van der Waals surface area contributed by atoms with Gasteiger partial charge in [0.05, 0.1) is 11.9 Å². The fraction of sp³-hybridized carbons (Fsp3) is 0.182. The third-order valence-corrected chi connectivity index (χ3v) is 2.38. The molecule has 16 heavy (non-hydrogen) atoms. The molecule has 0 saturated heterocycles. The van der Waals surface area contributed by atoms with E-state index in [0.717, 1.165) is 17.9 Å². The molecular formula is C11H13N5. The third kappa shape index (κ3) is 1.67. The van der Waals surface area contributed by atoms with Crippen LogP contribution in [0.4, 0.5) is 0 Å². The summed E-state index contributed by atoms with van der Waals surface area (Å²) < 4.78 is 1.91. The zero-order chi connectivity index (χ0) is 11.5. The number of hydrogen-bond acceptors (Lipinski definition) is 3. The second-order valence-corrected chi connectivity index (χ2v) is 3.37. The van der Waals surface area contributed by atoms with Crippen molar-refractivity contribution in [2.24, 2.45) is 5.73 Å². The van der Waals surface area contributed by atoms with Crippen molar-refractivity contribution in [3.05, 3.63) is 42.2 Å². The second-order valence-electron chi connectivity index (χ2n) is 3.37. The summed E-state index contributed by atoms with van der Waals surface area (Å²) in [5.74, 6) is 0.962. The number of hydrogen-bond donors (Lipinski definition) is 2. The molecule has 2 aromatic heterocycles. The lowest BCUT2D eigenvalue weighted by Crippen LogP contribution is -2.15. The van der Waals surface area contributed by atoms with Gasteiger partial charge < -0.3 is 10.3 Å². The van der Waals surface area contributed by atoms with E-state index >= 15 is 0 Å². The first-order chi connectivity index (χ1) is 7.74. The maximum absolute atomic E-state index is 7.52. The van der Waals surface area contributed by atoms with Gasteiger partial charge in [-0.05, 0) is 6.07 Å². The Balaban J connectivity index is 2.60. The highest BCUT2D eigenvalue weighted by atomic mass is 15.1. The molecule has 0 atom stereocenters. The average molecular weight is 215 g/mol. The van der Waals surface area contributed by atoms with Crippen LogP contribution in [0.2, 0.25) is 0 Å². The molecule has 0 bridgehead atoms. The van der Waals surface area contributed by atoms with E-state index in [4.69, 9.17) is 11.1 Å². The van der Waals surface area contributed by atoms with E-state index in [1.165, 1.54) is 0 Å². The smallest absolute Gasteiger partial charge is 0.125 e. The van der Waals surface area contributed by atoms with Gasteiger partial charge in [-0.1, -0.05) is 6.92 Å². The minimum absolute atomic E-state index is 0.0353. The summed E-state index contributed by atoms with van der Waals surface area (Å²) in [6, 6.07) is 1.73. The maximum atomic E-state index is 7.52. The lowest BCUT2D eigenvalue weighted by atomic mass is 10.2. The van der Waals surface area contributed by atoms with Crippen molar-refractivity contribution < 1.29 is 0 Å². The number of rotatable bonds is 3. The summed E-state index contributed by atoms with van der Waals surface area (Å²) in [6.07, 6.45) is 7.72. The Morgan fingerprint density at radius 1 is 1.50 bits per heavy atom. The molecule has 0 aromatic carbocycles. The Hall–Kier alpha value is -2.17. The van der Waals surface area contributed by atoms with Crippen LogP contribution in [0.5, 0.6) is 0 Å². The van der Waals surface area contributed by atoms with Gasteiger partial charge >= 0.3 is 0 Å². The maximum Gasteiger partial charge on any atom is 0.125 e. The normalized spacial score (nSPS) is 10.3. The molecule has 5 heteroatoms. The summed E-state index contributed by atoms with van der Waals surface area (Å²) in [4.78, 5) is 8.29. The number of pyridine rings is 1. The van der Waals surface area contributed by atoms with Crippen LogP contribution in [0.15, 0.2) is 30.9 Å². The van der Waals surface area contributed by atoms with Crippen LogP contribution in [0.1, 0.15) is 18.3 Å². The van der Waals surface area contributed by atoms with Crippen molar-refractivity contribution in [3.63, 3.8) is 0 Å². The van der Waals surface area contributed by atoms with Crippen molar-refractivity contribution in [2.75, 3.05) is 0 Å². The van der Waals surface area contributed by atoms with Gasteiger partial charge in [-0.25, -0.2) is 4.98 Å². The first kappa shape index (κ1) is 10.4. The third-order valence-electron chi connectivity index (χ3n) is 2.38. The van der Waals surface area contributed by atoms with Gasteiger partial charge in [0.15, 0.2) is 0 Å². The van der Waals surface area contributed by atoms with Crippen molar-refractivity contribution in [3.8, 4) is 5.69 Å². The molecule has 0 aliphatic carbocycles. The van der Waals surface area contributed by atoms with Crippen LogP contribution in [-0.4, -0.2) is 20.4 Å². The summed E-state index contributed by atoms with van der Waals surface area (Å²) in [7, 11) is 0. The first-order valence-electron chi connectivity index (χ1n) is 5.05. The molecule has 0 amide bonds. The van der Waals surface area contributed by atoms with Gasteiger partial charge in [-0.2, -0.15) is 0 Å². The van der Waals surface area contributed by atoms with Crippen molar-refractivity contribution in [1.29, 1.82) is 5.41 Å².